The average Bonchev–Trinajstić information content (AvgIpc) is 1.67. The summed E-state index contributed by atoms with van der Waals surface area (Å²) < 4.78 is 127. The number of methoxy groups -OCH3 is 4. The molecule has 8 aromatic rings. The van der Waals surface area contributed by atoms with E-state index in [2.05, 4.69) is 10.0 Å². The Hall–Kier alpha value is -8.00. The largest absolute Gasteiger partial charge is 0.478 e. The number of aromatic carboxylic acids is 1. The Morgan fingerprint density at radius 3 is 1.25 bits per heavy atom. The highest BCUT2D eigenvalue weighted by Gasteiger charge is 2.31. The van der Waals surface area contributed by atoms with Gasteiger partial charge in [0.05, 0.1) is 51.1 Å². The minimum absolute atomic E-state index is 0. The zero-order chi connectivity index (χ0) is 76.2. The Morgan fingerprint density at radius 1 is 0.486 bits per heavy atom. The molecule has 4 saturated heterocycles. The number of rotatable bonds is 14. The van der Waals surface area contributed by atoms with Crippen LogP contribution in [0.3, 0.4) is 0 Å². The Kier molecular flexibility index (Phi) is 32.8. The number of nitrogens with two attached hydrogens (primary N) is 3. The first kappa shape index (κ1) is 85.9. The minimum Gasteiger partial charge on any atom is -0.478 e. The smallest absolute Gasteiger partial charge is 0.335 e. The van der Waals surface area contributed by atoms with Gasteiger partial charge in [-0.3, -0.25) is 19.1 Å². The number of hydrogen-bond acceptors (Lipinski definition) is 16. The van der Waals surface area contributed by atoms with Crippen molar-refractivity contribution in [2.24, 2.45) is 0 Å². The second-order valence-electron chi connectivity index (χ2n) is 23.7. The van der Waals surface area contributed by atoms with Gasteiger partial charge in [0.1, 0.15) is 23.3 Å². The van der Waals surface area contributed by atoms with E-state index in [9.17, 15) is 53.6 Å². The lowest BCUT2D eigenvalue weighted by Gasteiger charge is -2.17. The maximum absolute atomic E-state index is 14.5. The Labute approximate surface area is 636 Å². The number of anilines is 4. The number of nitrogens with one attached hydrogen (secondary N) is 2. The molecule has 0 aromatic heterocycles. The lowest BCUT2D eigenvalue weighted by molar-refractivity contribution is 0.0693. The number of amides is 3. The number of ether oxygens (including phenoxy) is 4. The summed E-state index contributed by atoms with van der Waals surface area (Å²) >= 11 is 23.4. The minimum atomic E-state index is -4.36. The molecule has 0 aliphatic carbocycles. The van der Waals surface area contributed by atoms with Crippen LogP contribution in [0.25, 0.3) is 22.3 Å². The summed E-state index contributed by atoms with van der Waals surface area (Å²) in [5, 5.41) is 12.7. The number of carbonyl (C=O) groups is 4. The summed E-state index contributed by atoms with van der Waals surface area (Å²) in [6, 6.07) is 37.7. The fourth-order valence-corrected chi connectivity index (χ4v) is 13.9. The highest BCUT2D eigenvalue weighted by molar-refractivity contribution is 8.13. The van der Waals surface area contributed by atoms with Crippen LogP contribution in [0.2, 0.25) is 20.1 Å². The molecule has 0 saturated carbocycles. The van der Waals surface area contributed by atoms with Crippen molar-refractivity contribution in [3.05, 3.63) is 223 Å². The van der Waals surface area contributed by atoms with Crippen molar-refractivity contribution in [3.63, 3.8) is 0 Å². The molecule has 4 aliphatic heterocycles. The Morgan fingerprint density at radius 2 is 0.867 bits per heavy atom. The van der Waals surface area contributed by atoms with E-state index >= 15 is 0 Å². The molecule has 4 atom stereocenters. The van der Waals surface area contributed by atoms with Crippen LogP contribution < -0.4 is 27.2 Å². The van der Waals surface area contributed by atoms with E-state index in [1.165, 1.54) is 61.0 Å². The Bertz CT molecular complexity index is 4530. The van der Waals surface area contributed by atoms with Crippen molar-refractivity contribution in [3.8, 4) is 22.3 Å². The van der Waals surface area contributed by atoms with E-state index < -0.39 is 59.9 Å². The molecular formula is C72H76Cl6F4N8O13S2. The Balaban J connectivity index is 0.000000210. The molecule has 0 radical (unpaired) electrons. The predicted molar refractivity (Wildman–Crippen MR) is 403 cm³/mol. The number of carbonyl (C=O) groups excluding carboxylic acids is 3. The first-order chi connectivity index (χ1) is 49.3. The molecule has 0 unspecified atom stereocenters. The normalized spacial score (nSPS) is 16.6. The van der Waals surface area contributed by atoms with Crippen LogP contribution in [0.5, 0.6) is 0 Å². The number of nitrogens with zero attached hydrogens (tertiary/aromatic N) is 3. The van der Waals surface area contributed by atoms with E-state index in [1.807, 2.05) is 6.07 Å². The van der Waals surface area contributed by atoms with Crippen LogP contribution in [0, 0.1) is 23.3 Å². The highest BCUT2D eigenvalue weighted by atomic mass is 35.7. The second-order valence-corrected chi connectivity index (χ2v) is 29.7. The number of nitrogen functional groups attached to an aromatic ring is 3. The fraction of sp³-hybridized carbons (Fsp3) is 0.278. The van der Waals surface area contributed by atoms with Gasteiger partial charge >= 0.3 is 5.97 Å². The molecule has 105 heavy (non-hydrogen) atoms. The molecule has 564 valence electrons. The highest BCUT2D eigenvalue weighted by Crippen LogP contribution is 2.33. The van der Waals surface area contributed by atoms with E-state index in [0.717, 1.165) is 44.1 Å². The molecule has 4 fully saturated rings. The first-order valence-corrected chi connectivity index (χ1v) is 37.1. The van der Waals surface area contributed by atoms with Crippen molar-refractivity contribution >= 4 is 135 Å². The zero-order valence-electron chi connectivity index (χ0n) is 56.9. The van der Waals surface area contributed by atoms with Crippen molar-refractivity contribution in [1.82, 2.24) is 20.0 Å². The van der Waals surface area contributed by atoms with Crippen molar-refractivity contribution in [2.75, 3.05) is 103 Å². The summed E-state index contributed by atoms with van der Waals surface area (Å²) in [4.78, 5) is 52.2. The van der Waals surface area contributed by atoms with Gasteiger partial charge in [-0.05, 0) is 128 Å². The van der Waals surface area contributed by atoms with Gasteiger partial charge in [0, 0.05) is 156 Å². The third-order valence-corrected chi connectivity index (χ3v) is 19.9. The van der Waals surface area contributed by atoms with Crippen LogP contribution >= 0.6 is 69.5 Å². The lowest BCUT2D eigenvalue weighted by Crippen LogP contribution is -2.30. The number of hydrogen-bond donors (Lipinski definition) is 6. The number of halogens is 10. The van der Waals surface area contributed by atoms with Crippen LogP contribution in [-0.2, 0) is 38.0 Å². The third kappa shape index (κ3) is 25.3. The molecular weight excluding hydrogens is 1540 g/mol. The van der Waals surface area contributed by atoms with Crippen LogP contribution in [0.1, 0.15) is 67.1 Å². The first-order valence-electron chi connectivity index (χ1n) is 31.8. The predicted octanol–water partition coefficient (Wildman–Crippen LogP) is 14.1. The maximum atomic E-state index is 14.5. The molecule has 12 rings (SSSR count). The monoisotopic (exact) mass is 1610 g/mol. The molecule has 4 aliphatic rings. The van der Waals surface area contributed by atoms with Gasteiger partial charge in [0.2, 0.25) is 0 Å². The molecule has 3 amide bonds. The molecule has 9 N–H and O–H groups in total. The average molecular weight is 1610 g/mol. The quantitative estimate of drug-likeness (QED) is 0.0335. The third-order valence-electron chi connectivity index (χ3n) is 16.4. The summed E-state index contributed by atoms with van der Waals surface area (Å²) in [5.74, 6) is -4.99. The molecule has 4 heterocycles. The lowest BCUT2D eigenvalue weighted by atomic mass is 10.0. The van der Waals surface area contributed by atoms with Crippen LogP contribution in [0.4, 0.5) is 40.3 Å². The summed E-state index contributed by atoms with van der Waals surface area (Å²) in [7, 11) is 3.58. The standard InChI is InChI=1S/C24H21ClF2N2O4S.C12H13Cl2NO4S.C12H15ClN2O2.C12H9F2N.C7H6ClNO2.C5H11NO.ClH/c1-33-18-7-8-29(14-18)24(30)16-9-17(25)11-19(10-16)34(31,32)28-23-12-20(21(26)13-22(23)27)15-5-3-2-4-6-15;1-19-10-2-3-15(7-10)12(16)8-4-9(13)6-11(5-8)20(14,17)18;1-17-11-2-3-15(7-11)12(16)8-4-9(13)6-10(14)5-8;13-10-7-11(14)12(15)6-9(10)8-4-2-1-3-5-8;8-5-1-4(7(10)11)2-6(9)3-5;1-7-5-2-3-6-4-5;/h2-6,9-13,18,28H,7-8,14H2,1H3;4-6,10H,2-3,7H2,1H3;4-6,11H,2-3,7,14H2,1H3;1-7H,15H2;1-3H,9H2,(H,10,11);5-6H,2-4H2,1H3;1H/t18-;10-;11-;;;5-;/m111..0./s1. The topological polar surface area (TPSA) is 306 Å². The molecule has 8 aromatic carbocycles. The molecule has 33 heteroatoms. The number of carboxylic acid groups (broad SMARTS) is 1. The van der Waals surface area contributed by atoms with Crippen molar-refractivity contribution < 1.29 is 77.6 Å². The SMILES string of the molecule is CO[C@@H]1CCN(C(=O)c2cc(Cl)cc(S(=O)(=O)Cl)c2)C1.CO[C@@H]1CCN(C(=O)c2cc(Cl)cc(S(=O)(=O)Nc3cc(-c4ccccc4)c(F)cc3F)c2)C1.CO[C@@H]1CCN(C(=O)c2cc(N)cc(Cl)c2)C1.CO[C@H]1CCNC1.Cl.Nc1cc(-c2ccccc2)c(F)cc1F.Nc1cc(Cl)cc(C(=O)O)c1. The van der Waals surface area contributed by atoms with Gasteiger partial charge < -0.3 is 61.3 Å². The van der Waals surface area contributed by atoms with Gasteiger partial charge in [0.15, 0.2) is 0 Å². The molecule has 21 nitrogen and oxygen atoms in total. The van der Waals surface area contributed by atoms with Gasteiger partial charge in [-0.15, -0.1) is 12.4 Å². The van der Waals surface area contributed by atoms with Gasteiger partial charge in [-0.2, -0.15) is 0 Å². The number of likely N-dealkylation sites (tertiary alicyclic amines) is 3. The molecule has 0 bridgehead atoms. The van der Waals surface area contributed by atoms with E-state index in [1.54, 1.807) is 116 Å². The van der Waals surface area contributed by atoms with Crippen molar-refractivity contribution in [1.29, 1.82) is 0 Å². The van der Waals surface area contributed by atoms with Crippen LogP contribution in [-0.4, -0.2) is 166 Å². The number of sulfonamides is 1. The number of carboxylic acids is 1. The number of benzene rings is 8. The summed E-state index contributed by atoms with van der Waals surface area (Å²) in [5.41, 5.74) is 19.2. The van der Waals surface area contributed by atoms with E-state index in [0.29, 0.717) is 102 Å². The van der Waals surface area contributed by atoms with Gasteiger partial charge in [0.25, 0.3) is 36.8 Å². The van der Waals surface area contributed by atoms with Gasteiger partial charge in [-0.1, -0.05) is 107 Å². The second kappa shape index (κ2) is 40.1. The fourth-order valence-electron chi connectivity index (χ4n) is 10.9. The van der Waals surface area contributed by atoms with Gasteiger partial charge in [-0.25, -0.2) is 39.2 Å². The molecule has 0 spiro atoms. The zero-order valence-corrected chi connectivity index (χ0v) is 63.1. The van der Waals surface area contributed by atoms with E-state index in [-0.39, 0.29) is 90.3 Å². The van der Waals surface area contributed by atoms with Crippen LogP contribution in [0.15, 0.2) is 168 Å². The van der Waals surface area contributed by atoms with Crippen molar-refractivity contribution in [2.45, 2.75) is 59.9 Å². The summed E-state index contributed by atoms with van der Waals surface area (Å²) in [6.45, 7) is 5.39. The summed E-state index contributed by atoms with van der Waals surface area (Å²) in [6.07, 6.45) is 4.01. The van der Waals surface area contributed by atoms with E-state index in [4.69, 9.17) is 98.3 Å². The maximum Gasteiger partial charge on any atom is 0.335 e.